The van der Waals surface area contributed by atoms with E-state index in [1.54, 1.807) is 24.5 Å². The number of amides is 1. The summed E-state index contributed by atoms with van der Waals surface area (Å²) >= 11 is 6.22. The second-order valence-electron chi connectivity index (χ2n) is 6.46. The quantitative estimate of drug-likeness (QED) is 0.408. The number of halogens is 1. The molecule has 9 heteroatoms. The summed E-state index contributed by atoms with van der Waals surface area (Å²) in [5.41, 5.74) is 0.665. The Morgan fingerprint density at radius 3 is 2.53 bits per heavy atom. The number of ether oxygens (including phenoxy) is 3. The van der Waals surface area contributed by atoms with E-state index in [4.69, 9.17) is 25.8 Å². The number of likely N-dealkylation sites (tertiary alicyclic amines) is 1. The number of hydrogen-bond donors (Lipinski definition) is 1. The molecule has 1 unspecified atom stereocenters. The smallest absolute Gasteiger partial charge is 0.295 e. The van der Waals surface area contributed by atoms with Crippen LogP contribution in [0.3, 0.4) is 0 Å². The van der Waals surface area contributed by atoms with Crippen LogP contribution in [0.4, 0.5) is 0 Å². The number of pyridine rings is 1. The van der Waals surface area contributed by atoms with Crippen molar-refractivity contribution >= 4 is 29.1 Å². The normalized spacial score (nSPS) is 18.0. The van der Waals surface area contributed by atoms with Crippen LogP contribution in [-0.2, 0) is 14.3 Å². The minimum absolute atomic E-state index is 0.0800. The van der Waals surface area contributed by atoms with Crippen LogP contribution in [0.2, 0.25) is 5.02 Å². The zero-order valence-corrected chi connectivity index (χ0v) is 17.5. The third-order valence-corrected chi connectivity index (χ3v) is 5.10. The zero-order valence-electron chi connectivity index (χ0n) is 16.7. The molecule has 1 aromatic heterocycles. The summed E-state index contributed by atoms with van der Waals surface area (Å²) < 4.78 is 15.6. The Balaban J connectivity index is 2.22. The fourth-order valence-corrected chi connectivity index (χ4v) is 3.62. The van der Waals surface area contributed by atoms with Crippen LogP contribution >= 0.6 is 11.6 Å². The zero-order chi connectivity index (χ0) is 21.8. The molecule has 1 saturated heterocycles. The lowest BCUT2D eigenvalue weighted by Crippen LogP contribution is -2.32. The van der Waals surface area contributed by atoms with Crippen molar-refractivity contribution in [3.8, 4) is 11.5 Å². The maximum atomic E-state index is 12.9. The van der Waals surface area contributed by atoms with Gasteiger partial charge >= 0.3 is 0 Å². The van der Waals surface area contributed by atoms with Gasteiger partial charge in [0.15, 0.2) is 0 Å². The van der Waals surface area contributed by atoms with Gasteiger partial charge in [-0.25, -0.2) is 0 Å². The first-order chi connectivity index (χ1) is 14.4. The number of rotatable bonds is 7. The number of aromatic nitrogens is 1. The van der Waals surface area contributed by atoms with Crippen LogP contribution in [0.5, 0.6) is 11.5 Å². The van der Waals surface area contributed by atoms with Crippen LogP contribution in [0.25, 0.3) is 5.76 Å². The van der Waals surface area contributed by atoms with Gasteiger partial charge < -0.3 is 24.2 Å². The van der Waals surface area contributed by atoms with Gasteiger partial charge in [-0.3, -0.25) is 14.6 Å². The Hall–Kier alpha value is -3.10. The number of carbonyl (C=O) groups is 2. The summed E-state index contributed by atoms with van der Waals surface area (Å²) in [7, 11) is 4.36. The van der Waals surface area contributed by atoms with Gasteiger partial charge in [0.1, 0.15) is 17.3 Å². The SMILES string of the molecule is COCCN1C(=O)C(=O)/C(=C(/O)c2cc(Cl)c(OC)cc2OC)C1c1cccnc1. The lowest BCUT2D eigenvalue weighted by Gasteiger charge is -2.24. The summed E-state index contributed by atoms with van der Waals surface area (Å²) in [5, 5.41) is 11.3. The maximum absolute atomic E-state index is 12.9. The largest absolute Gasteiger partial charge is 0.507 e. The van der Waals surface area contributed by atoms with E-state index in [1.807, 2.05) is 0 Å². The summed E-state index contributed by atoms with van der Waals surface area (Å²) in [5.74, 6) is -1.37. The van der Waals surface area contributed by atoms with Gasteiger partial charge in [0.2, 0.25) is 0 Å². The molecule has 30 heavy (non-hydrogen) atoms. The highest BCUT2D eigenvalue weighted by atomic mass is 35.5. The minimum atomic E-state index is -0.834. The van der Waals surface area contributed by atoms with Crippen molar-refractivity contribution in [1.29, 1.82) is 0 Å². The second-order valence-corrected chi connectivity index (χ2v) is 6.87. The lowest BCUT2D eigenvalue weighted by atomic mass is 9.96. The number of aliphatic hydroxyl groups is 1. The highest BCUT2D eigenvalue weighted by molar-refractivity contribution is 6.46. The van der Waals surface area contributed by atoms with Crippen LogP contribution in [0.1, 0.15) is 17.2 Å². The van der Waals surface area contributed by atoms with Gasteiger partial charge in [-0.1, -0.05) is 17.7 Å². The third kappa shape index (κ3) is 3.83. The predicted octanol–water partition coefficient (Wildman–Crippen LogP) is 2.82. The number of carbonyl (C=O) groups excluding carboxylic acids is 2. The molecule has 0 radical (unpaired) electrons. The van der Waals surface area contributed by atoms with Gasteiger partial charge in [0.05, 0.1) is 43.0 Å². The summed E-state index contributed by atoms with van der Waals surface area (Å²) in [6, 6.07) is 5.51. The van der Waals surface area contributed by atoms with E-state index >= 15 is 0 Å². The van der Waals surface area contributed by atoms with Crippen LogP contribution < -0.4 is 9.47 Å². The number of ketones is 1. The van der Waals surface area contributed by atoms with Gasteiger partial charge in [0, 0.05) is 32.1 Å². The van der Waals surface area contributed by atoms with Crippen molar-refractivity contribution in [3.63, 3.8) is 0 Å². The van der Waals surface area contributed by atoms with Crippen molar-refractivity contribution in [2.45, 2.75) is 6.04 Å². The van der Waals surface area contributed by atoms with E-state index in [0.29, 0.717) is 11.3 Å². The van der Waals surface area contributed by atoms with E-state index in [2.05, 4.69) is 4.98 Å². The van der Waals surface area contributed by atoms with Crippen molar-refractivity contribution in [2.24, 2.45) is 0 Å². The monoisotopic (exact) mass is 432 g/mol. The molecule has 1 N–H and O–H groups in total. The molecule has 1 aliphatic rings. The van der Waals surface area contributed by atoms with Gasteiger partial charge in [0.25, 0.3) is 11.7 Å². The van der Waals surface area contributed by atoms with Gasteiger partial charge in [-0.2, -0.15) is 0 Å². The average Bonchev–Trinajstić information content (AvgIpc) is 3.02. The van der Waals surface area contributed by atoms with E-state index in [1.165, 1.54) is 38.4 Å². The topological polar surface area (TPSA) is 98.2 Å². The summed E-state index contributed by atoms with van der Waals surface area (Å²) in [6.45, 7) is 0.388. The van der Waals surface area contributed by atoms with E-state index in [0.717, 1.165) is 0 Å². The van der Waals surface area contributed by atoms with Gasteiger partial charge in [-0.15, -0.1) is 0 Å². The molecule has 0 spiro atoms. The lowest BCUT2D eigenvalue weighted by molar-refractivity contribution is -0.140. The molecule has 1 aromatic carbocycles. The Morgan fingerprint density at radius 2 is 1.93 bits per heavy atom. The average molecular weight is 433 g/mol. The molecule has 1 aliphatic heterocycles. The molecule has 2 heterocycles. The molecule has 0 bridgehead atoms. The first-order valence-corrected chi connectivity index (χ1v) is 9.41. The molecule has 1 amide bonds. The molecular weight excluding hydrogens is 412 g/mol. The number of nitrogens with zero attached hydrogens (tertiary/aromatic N) is 2. The Labute approximate surface area is 178 Å². The summed E-state index contributed by atoms with van der Waals surface area (Å²) in [4.78, 5) is 31.1. The molecule has 3 rings (SSSR count). The number of Topliss-reactive ketones (excluding diaryl/α,β-unsaturated/α-hetero) is 1. The fourth-order valence-electron chi connectivity index (χ4n) is 3.37. The second kappa shape index (κ2) is 9.15. The highest BCUT2D eigenvalue weighted by Gasteiger charge is 2.46. The molecule has 0 saturated carbocycles. The molecule has 0 aliphatic carbocycles. The van der Waals surface area contributed by atoms with Crippen molar-refractivity contribution in [2.75, 3.05) is 34.5 Å². The van der Waals surface area contributed by atoms with E-state index in [-0.39, 0.29) is 35.1 Å². The number of aliphatic hydroxyl groups excluding tert-OH is 1. The predicted molar refractivity (Wildman–Crippen MR) is 110 cm³/mol. The minimum Gasteiger partial charge on any atom is -0.507 e. The molecule has 1 atom stereocenters. The standard InChI is InChI=1S/C21H21ClN2O6/c1-28-8-7-24-18(12-5-4-6-23-11-12)17(20(26)21(24)27)19(25)13-9-14(22)16(30-3)10-15(13)29-2/h4-6,9-11,18,25H,7-8H2,1-3H3/b19-17+. The molecular formula is C21H21ClN2O6. The first kappa shape index (κ1) is 21.6. The Kier molecular flexibility index (Phi) is 6.59. The van der Waals surface area contributed by atoms with Crippen molar-refractivity contribution < 1.29 is 28.9 Å². The molecule has 8 nitrogen and oxygen atoms in total. The van der Waals surface area contributed by atoms with Crippen LogP contribution in [-0.4, -0.2) is 61.2 Å². The molecule has 2 aromatic rings. The summed E-state index contributed by atoms with van der Waals surface area (Å²) in [6.07, 6.45) is 3.12. The van der Waals surface area contributed by atoms with E-state index in [9.17, 15) is 14.7 Å². The van der Waals surface area contributed by atoms with E-state index < -0.39 is 23.5 Å². The fraction of sp³-hybridized carbons (Fsp3) is 0.286. The Morgan fingerprint density at radius 1 is 1.20 bits per heavy atom. The number of hydrogen-bond acceptors (Lipinski definition) is 7. The highest BCUT2D eigenvalue weighted by Crippen LogP contribution is 2.42. The third-order valence-electron chi connectivity index (χ3n) is 4.81. The van der Waals surface area contributed by atoms with Crippen molar-refractivity contribution in [1.82, 2.24) is 9.88 Å². The van der Waals surface area contributed by atoms with Gasteiger partial charge in [-0.05, 0) is 17.7 Å². The molecule has 158 valence electrons. The number of benzene rings is 1. The Bertz CT molecular complexity index is 992. The van der Waals surface area contributed by atoms with Crippen LogP contribution in [0.15, 0.2) is 42.2 Å². The molecule has 1 fully saturated rings. The van der Waals surface area contributed by atoms with Crippen molar-refractivity contribution in [3.05, 3.63) is 58.4 Å². The number of methoxy groups -OCH3 is 3. The van der Waals surface area contributed by atoms with Crippen LogP contribution in [0, 0.1) is 0 Å². The maximum Gasteiger partial charge on any atom is 0.295 e. The first-order valence-electron chi connectivity index (χ1n) is 9.03.